The zero-order chi connectivity index (χ0) is 19.8. The molecule has 2 aromatic heterocycles. The van der Waals surface area contributed by atoms with E-state index in [1.165, 1.54) is 21.9 Å². The average Bonchev–Trinajstić information content (AvgIpc) is 3.10. The molecule has 0 unspecified atom stereocenters. The highest BCUT2D eigenvalue weighted by molar-refractivity contribution is 7.15. The van der Waals surface area contributed by atoms with Crippen LogP contribution < -0.4 is 10.9 Å². The molecule has 0 aliphatic carbocycles. The van der Waals surface area contributed by atoms with Gasteiger partial charge in [-0.1, -0.05) is 47.5 Å². The van der Waals surface area contributed by atoms with Crippen molar-refractivity contribution >= 4 is 39.5 Å². The Morgan fingerprint density at radius 2 is 1.89 bits per heavy atom. The molecule has 0 bridgehead atoms. The summed E-state index contributed by atoms with van der Waals surface area (Å²) in [5.74, 6) is -0.515. The number of nitrogens with one attached hydrogen (secondary N) is 1. The lowest BCUT2D eigenvalue weighted by molar-refractivity contribution is 0.102. The number of nitrogens with zero attached hydrogens (tertiary/aromatic N) is 2. The first kappa shape index (κ1) is 18.4. The van der Waals surface area contributed by atoms with E-state index in [1.54, 1.807) is 18.2 Å². The maximum atomic E-state index is 13.1. The van der Waals surface area contributed by atoms with E-state index >= 15 is 0 Å². The Labute approximate surface area is 170 Å². The molecule has 0 fully saturated rings. The third kappa shape index (κ3) is 3.32. The molecule has 0 atom stereocenters. The monoisotopic (exact) mass is 409 g/mol. The molecule has 0 aliphatic heterocycles. The van der Waals surface area contributed by atoms with Crippen molar-refractivity contribution in [3.8, 4) is 11.3 Å². The fourth-order valence-corrected chi connectivity index (χ4v) is 3.92. The molecule has 4 rings (SSSR count). The summed E-state index contributed by atoms with van der Waals surface area (Å²) in [6.45, 7) is 3.86. The molecule has 2 aromatic carbocycles. The fraction of sp³-hybridized carbons (Fsp3) is 0.0952. The largest absolute Gasteiger partial charge is 0.321 e. The van der Waals surface area contributed by atoms with E-state index in [2.05, 4.69) is 10.3 Å². The van der Waals surface area contributed by atoms with E-state index in [0.717, 1.165) is 16.7 Å². The van der Waals surface area contributed by atoms with Crippen molar-refractivity contribution in [2.45, 2.75) is 13.8 Å². The number of halogens is 1. The lowest BCUT2D eigenvalue weighted by Gasteiger charge is -2.09. The van der Waals surface area contributed by atoms with Crippen LogP contribution in [0.2, 0.25) is 5.02 Å². The first-order valence-electron chi connectivity index (χ1n) is 8.58. The quantitative estimate of drug-likeness (QED) is 0.521. The maximum Gasteiger partial charge on any atom is 0.271 e. The van der Waals surface area contributed by atoms with Crippen molar-refractivity contribution in [3.05, 3.63) is 86.1 Å². The van der Waals surface area contributed by atoms with Crippen LogP contribution in [0.1, 0.15) is 21.5 Å². The summed E-state index contributed by atoms with van der Waals surface area (Å²) in [6, 6.07) is 13.1. The molecule has 4 aromatic rings. The van der Waals surface area contributed by atoms with Crippen LogP contribution in [0.4, 0.5) is 5.69 Å². The number of anilines is 1. The lowest BCUT2D eigenvalue weighted by atomic mass is 10.1. The number of benzene rings is 2. The second-order valence-electron chi connectivity index (χ2n) is 6.50. The van der Waals surface area contributed by atoms with Gasteiger partial charge in [0.1, 0.15) is 5.56 Å². The molecule has 1 N–H and O–H groups in total. The summed E-state index contributed by atoms with van der Waals surface area (Å²) in [7, 11) is 0. The Balaban J connectivity index is 1.78. The normalized spacial score (nSPS) is 11.0. The fourth-order valence-electron chi connectivity index (χ4n) is 2.89. The zero-order valence-electron chi connectivity index (χ0n) is 15.2. The van der Waals surface area contributed by atoms with Crippen molar-refractivity contribution < 1.29 is 4.79 Å². The van der Waals surface area contributed by atoms with Gasteiger partial charge in [-0.2, -0.15) is 0 Å². The summed E-state index contributed by atoms with van der Waals surface area (Å²) in [5, 5.41) is 5.14. The second-order valence-corrected chi connectivity index (χ2v) is 7.77. The number of carbonyl (C=O) groups excluding carboxylic acids is 1. The van der Waals surface area contributed by atoms with Gasteiger partial charge in [0.25, 0.3) is 11.5 Å². The second kappa shape index (κ2) is 7.22. The minimum absolute atomic E-state index is 0.0244. The first-order chi connectivity index (χ1) is 13.4. The molecule has 2 heterocycles. The van der Waals surface area contributed by atoms with Crippen molar-refractivity contribution in [1.82, 2.24) is 9.38 Å². The van der Waals surface area contributed by atoms with Gasteiger partial charge in [0.2, 0.25) is 0 Å². The molecule has 7 heteroatoms. The maximum absolute atomic E-state index is 13.1. The Kier molecular flexibility index (Phi) is 4.75. The van der Waals surface area contributed by atoms with Gasteiger partial charge < -0.3 is 5.32 Å². The number of rotatable bonds is 3. The Hall–Kier alpha value is -2.96. The molecular weight excluding hydrogens is 394 g/mol. The number of carbonyl (C=O) groups is 1. The van der Waals surface area contributed by atoms with Crippen LogP contribution in [-0.2, 0) is 0 Å². The van der Waals surface area contributed by atoms with E-state index in [0.29, 0.717) is 21.4 Å². The summed E-state index contributed by atoms with van der Waals surface area (Å²) >= 11 is 7.37. The standard InChI is InChI=1S/C21H16ClN3O2S/c1-12-3-6-14(7-4-12)18-11-28-21-23-10-16(20(27)25(18)21)19(26)24-17-9-15(22)8-5-13(17)2/h3-11H,1-2H3,(H,24,26). The van der Waals surface area contributed by atoms with Gasteiger partial charge in [-0.25, -0.2) is 4.98 Å². The topological polar surface area (TPSA) is 63.5 Å². The van der Waals surface area contributed by atoms with E-state index in [4.69, 9.17) is 11.6 Å². The molecule has 140 valence electrons. The number of fused-ring (bicyclic) bond motifs is 1. The molecule has 1 amide bonds. The van der Waals surface area contributed by atoms with Crippen molar-refractivity contribution in [3.63, 3.8) is 0 Å². The van der Waals surface area contributed by atoms with Gasteiger partial charge in [-0.3, -0.25) is 14.0 Å². The zero-order valence-corrected chi connectivity index (χ0v) is 16.8. The highest BCUT2D eigenvalue weighted by atomic mass is 35.5. The minimum Gasteiger partial charge on any atom is -0.321 e. The first-order valence-corrected chi connectivity index (χ1v) is 9.83. The Morgan fingerprint density at radius 1 is 1.14 bits per heavy atom. The van der Waals surface area contributed by atoms with Crippen LogP contribution in [0.15, 0.2) is 58.8 Å². The number of aromatic nitrogens is 2. The Bertz CT molecular complexity index is 1260. The average molecular weight is 410 g/mol. The number of amides is 1. The lowest BCUT2D eigenvalue weighted by Crippen LogP contribution is -2.26. The van der Waals surface area contributed by atoms with Gasteiger partial charge in [-0.05, 0) is 37.1 Å². The number of thiazole rings is 1. The molecule has 0 spiro atoms. The van der Waals surface area contributed by atoms with Gasteiger partial charge in [-0.15, -0.1) is 11.3 Å². The predicted molar refractivity (Wildman–Crippen MR) is 114 cm³/mol. The van der Waals surface area contributed by atoms with Crippen LogP contribution in [0.25, 0.3) is 16.2 Å². The molecular formula is C21H16ClN3O2S. The third-order valence-electron chi connectivity index (χ3n) is 4.49. The molecule has 0 radical (unpaired) electrons. The van der Waals surface area contributed by atoms with E-state index in [9.17, 15) is 9.59 Å². The molecule has 28 heavy (non-hydrogen) atoms. The van der Waals surface area contributed by atoms with Crippen LogP contribution >= 0.6 is 22.9 Å². The van der Waals surface area contributed by atoms with Gasteiger partial charge in [0.05, 0.1) is 5.69 Å². The summed E-state index contributed by atoms with van der Waals surface area (Å²) in [4.78, 5) is 30.7. The van der Waals surface area contributed by atoms with Crippen molar-refractivity contribution in [2.75, 3.05) is 5.32 Å². The molecule has 0 saturated heterocycles. The smallest absolute Gasteiger partial charge is 0.271 e. The van der Waals surface area contributed by atoms with Crippen molar-refractivity contribution in [2.24, 2.45) is 0 Å². The van der Waals surface area contributed by atoms with Gasteiger partial charge >= 0.3 is 0 Å². The van der Waals surface area contributed by atoms with Crippen LogP contribution in [0.5, 0.6) is 0 Å². The molecule has 5 nitrogen and oxygen atoms in total. The van der Waals surface area contributed by atoms with Crippen LogP contribution in [0.3, 0.4) is 0 Å². The minimum atomic E-state index is -0.515. The number of hydrogen-bond donors (Lipinski definition) is 1. The highest BCUT2D eigenvalue weighted by Gasteiger charge is 2.18. The summed E-state index contributed by atoms with van der Waals surface area (Å²) in [5.41, 5.74) is 3.72. The third-order valence-corrected chi connectivity index (χ3v) is 5.56. The van der Waals surface area contributed by atoms with Gasteiger partial charge in [0.15, 0.2) is 4.96 Å². The van der Waals surface area contributed by atoms with E-state index in [-0.39, 0.29) is 5.56 Å². The number of hydrogen-bond acceptors (Lipinski definition) is 4. The van der Waals surface area contributed by atoms with E-state index in [1.807, 2.05) is 43.5 Å². The van der Waals surface area contributed by atoms with E-state index < -0.39 is 11.5 Å². The van der Waals surface area contributed by atoms with Crippen LogP contribution in [-0.4, -0.2) is 15.3 Å². The predicted octanol–water partition coefficient (Wildman–Crippen LogP) is 4.95. The number of aryl methyl sites for hydroxylation is 2. The highest BCUT2D eigenvalue weighted by Crippen LogP contribution is 2.25. The molecule has 0 saturated carbocycles. The summed E-state index contributed by atoms with van der Waals surface area (Å²) < 4.78 is 1.48. The Morgan fingerprint density at radius 3 is 2.64 bits per heavy atom. The molecule has 0 aliphatic rings. The SMILES string of the molecule is Cc1ccc(-c2csc3ncc(C(=O)Nc4cc(Cl)ccc4C)c(=O)n23)cc1. The summed E-state index contributed by atoms with van der Waals surface area (Å²) in [6.07, 6.45) is 1.32. The van der Waals surface area contributed by atoms with Crippen molar-refractivity contribution in [1.29, 1.82) is 0 Å². The van der Waals surface area contributed by atoms with Crippen LogP contribution in [0, 0.1) is 13.8 Å². The van der Waals surface area contributed by atoms with Gasteiger partial charge in [0, 0.05) is 22.3 Å².